The molecule has 2 amide bonds. The molecule has 0 aliphatic heterocycles. The van der Waals surface area contributed by atoms with Crippen LogP contribution in [0.3, 0.4) is 0 Å². The summed E-state index contributed by atoms with van der Waals surface area (Å²) in [6.07, 6.45) is 2.39. The lowest BCUT2D eigenvalue weighted by Gasteiger charge is -2.20. The van der Waals surface area contributed by atoms with Crippen molar-refractivity contribution in [2.24, 2.45) is 0 Å². The molecule has 122 valence electrons. The molecule has 0 saturated heterocycles. The van der Waals surface area contributed by atoms with Crippen LogP contribution >= 0.6 is 15.9 Å². The molecule has 0 fully saturated rings. The Morgan fingerprint density at radius 3 is 2.68 bits per heavy atom. The first-order valence-electron chi connectivity index (χ1n) is 7.40. The summed E-state index contributed by atoms with van der Waals surface area (Å²) in [5.41, 5.74) is 1.37. The number of hydrogen-bond acceptors (Lipinski definition) is 2. The molecule has 0 aliphatic rings. The molecule has 22 heavy (non-hydrogen) atoms. The van der Waals surface area contributed by atoms with Crippen LogP contribution in [0.5, 0.6) is 5.75 Å². The summed E-state index contributed by atoms with van der Waals surface area (Å²) >= 11 is 3.55. The summed E-state index contributed by atoms with van der Waals surface area (Å²) in [5.74, 6) is 0.823. The second-order valence-electron chi connectivity index (χ2n) is 6.02. The minimum atomic E-state index is -0.185. The summed E-state index contributed by atoms with van der Waals surface area (Å²) in [6.45, 7) is 11.7. The van der Waals surface area contributed by atoms with Gasteiger partial charge in [0.25, 0.3) is 0 Å². The van der Waals surface area contributed by atoms with Gasteiger partial charge in [-0.3, -0.25) is 0 Å². The number of rotatable bonds is 7. The van der Waals surface area contributed by atoms with Crippen molar-refractivity contribution in [2.45, 2.75) is 32.6 Å². The highest BCUT2D eigenvalue weighted by molar-refractivity contribution is 9.10. The zero-order valence-electron chi connectivity index (χ0n) is 13.5. The lowest BCUT2D eigenvalue weighted by atomic mass is 9.87. The highest BCUT2D eigenvalue weighted by atomic mass is 79.9. The van der Waals surface area contributed by atoms with Crippen LogP contribution in [0.1, 0.15) is 32.8 Å². The maximum atomic E-state index is 11.3. The van der Waals surface area contributed by atoms with Crippen LogP contribution < -0.4 is 15.4 Å². The molecular weight excluding hydrogens is 344 g/mol. The Morgan fingerprint density at radius 2 is 2.09 bits per heavy atom. The minimum Gasteiger partial charge on any atom is -0.492 e. The standard InChI is InChI=1S/C17H25BrN2O2/c1-5-9-19-16(21)20-10-6-11-22-15-8-7-13(12-14(15)18)17(2,3)4/h5,7-8,12H,1,6,9-11H2,2-4H3,(H2,19,20,21). The first kappa shape index (κ1) is 18.6. The Balaban J connectivity index is 2.34. The molecule has 1 rings (SSSR count). The van der Waals surface area contributed by atoms with Gasteiger partial charge in [0.2, 0.25) is 0 Å². The van der Waals surface area contributed by atoms with Crippen molar-refractivity contribution < 1.29 is 9.53 Å². The van der Waals surface area contributed by atoms with Crippen molar-refractivity contribution in [2.75, 3.05) is 19.7 Å². The molecule has 0 aromatic heterocycles. The largest absolute Gasteiger partial charge is 0.492 e. The summed E-state index contributed by atoms with van der Waals surface area (Å²) in [4.78, 5) is 11.3. The molecular formula is C17H25BrN2O2. The van der Waals surface area contributed by atoms with Crippen LogP contribution in [0.2, 0.25) is 0 Å². The zero-order chi connectivity index (χ0) is 16.6. The summed E-state index contributed by atoms with van der Waals surface area (Å²) in [7, 11) is 0. The molecule has 2 N–H and O–H groups in total. The number of carbonyl (C=O) groups excluding carboxylic acids is 1. The topological polar surface area (TPSA) is 50.4 Å². The van der Waals surface area contributed by atoms with Gasteiger partial charge < -0.3 is 15.4 Å². The second kappa shape index (κ2) is 8.83. The summed E-state index contributed by atoms with van der Waals surface area (Å²) in [6, 6.07) is 5.97. The SMILES string of the molecule is C=CCNC(=O)NCCCOc1ccc(C(C)(C)C)cc1Br. The van der Waals surface area contributed by atoms with E-state index in [1.165, 1.54) is 5.56 Å². The number of nitrogens with one attached hydrogen (secondary N) is 2. The predicted molar refractivity (Wildman–Crippen MR) is 94.6 cm³/mol. The van der Waals surface area contributed by atoms with Gasteiger partial charge in [-0.05, 0) is 45.5 Å². The molecule has 0 saturated carbocycles. The summed E-state index contributed by atoms with van der Waals surface area (Å²) < 4.78 is 6.69. The van der Waals surface area contributed by atoms with E-state index in [4.69, 9.17) is 4.74 Å². The predicted octanol–water partition coefficient (Wildman–Crippen LogP) is 4.00. The number of urea groups is 1. The monoisotopic (exact) mass is 368 g/mol. The van der Waals surface area contributed by atoms with E-state index in [2.05, 4.69) is 66.0 Å². The second-order valence-corrected chi connectivity index (χ2v) is 6.88. The van der Waals surface area contributed by atoms with E-state index < -0.39 is 0 Å². The van der Waals surface area contributed by atoms with E-state index in [9.17, 15) is 4.79 Å². The first-order chi connectivity index (χ1) is 10.3. The smallest absolute Gasteiger partial charge is 0.315 e. The van der Waals surface area contributed by atoms with Crippen LogP contribution in [0.15, 0.2) is 35.3 Å². The lowest BCUT2D eigenvalue weighted by Crippen LogP contribution is -2.36. The van der Waals surface area contributed by atoms with Gasteiger partial charge in [-0.15, -0.1) is 6.58 Å². The maximum absolute atomic E-state index is 11.3. The molecule has 0 heterocycles. The van der Waals surface area contributed by atoms with E-state index in [-0.39, 0.29) is 11.4 Å². The van der Waals surface area contributed by atoms with Gasteiger partial charge >= 0.3 is 6.03 Å². The molecule has 0 unspecified atom stereocenters. The van der Waals surface area contributed by atoms with E-state index in [1.54, 1.807) is 6.08 Å². The number of halogens is 1. The zero-order valence-corrected chi connectivity index (χ0v) is 15.1. The van der Waals surface area contributed by atoms with Gasteiger partial charge in [0.15, 0.2) is 0 Å². The molecule has 0 atom stereocenters. The van der Waals surface area contributed by atoms with Gasteiger partial charge in [-0.1, -0.05) is 32.9 Å². The Bertz CT molecular complexity index is 510. The van der Waals surface area contributed by atoms with Crippen molar-refractivity contribution in [3.63, 3.8) is 0 Å². The van der Waals surface area contributed by atoms with Crippen LogP contribution in [-0.4, -0.2) is 25.7 Å². The third-order valence-corrected chi connectivity index (χ3v) is 3.69. The fourth-order valence-electron chi connectivity index (χ4n) is 1.77. The summed E-state index contributed by atoms with van der Waals surface area (Å²) in [5, 5.41) is 5.41. The number of hydrogen-bond donors (Lipinski definition) is 2. The van der Waals surface area contributed by atoms with Crippen LogP contribution in [0.25, 0.3) is 0 Å². The van der Waals surface area contributed by atoms with Gasteiger partial charge in [-0.2, -0.15) is 0 Å². The maximum Gasteiger partial charge on any atom is 0.315 e. The van der Waals surface area contributed by atoms with Gasteiger partial charge in [-0.25, -0.2) is 4.79 Å². The number of ether oxygens (including phenoxy) is 1. The number of amides is 2. The third-order valence-electron chi connectivity index (χ3n) is 3.07. The van der Waals surface area contributed by atoms with E-state index >= 15 is 0 Å². The molecule has 4 nitrogen and oxygen atoms in total. The van der Waals surface area contributed by atoms with Crippen molar-refractivity contribution in [1.82, 2.24) is 10.6 Å². The fourth-order valence-corrected chi connectivity index (χ4v) is 2.26. The van der Waals surface area contributed by atoms with E-state index in [0.29, 0.717) is 19.7 Å². The van der Waals surface area contributed by atoms with Crippen molar-refractivity contribution in [3.05, 3.63) is 40.9 Å². The van der Waals surface area contributed by atoms with Crippen LogP contribution in [0.4, 0.5) is 4.79 Å². The van der Waals surface area contributed by atoms with Gasteiger partial charge in [0, 0.05) is 13.1 Å². The van der Waals surface area contributed by atoms with Crippen LogP contribution in [-0.2, 0) is 5.41 Å². The Kier molecular flexibility index (Phi) is 7.45. The van der Waals surface area contributed by atoms with Crippen molar-refractivity contribution >= 4 is 22.0 Å². The molecule has 0 aliphatic carbocycles. The highest BCUT2D eigenvalue weighted by Gasteiger charge is 2.15. The van der Waals surface area contributed by atoms with Crippen molar-refractivity contribution in [3.8, 4) is 5.75 Å². The lowest BCUT2D eigenvalue weighted by molar-refractivity contribution is 0.240. The molecule has 0 spiro atoms. The molecule has 1 aromatic rings. The average molecular weight is 369 g/mol. The third kappa shape index (κ3) is 6.52. The Hall–Kier alpha value is -1.49. The Morgan fingerprint density at radius 1 is 1.36 bits per heavy atom. The minimum absolute atomic E-state index is 0.115. The molecule has 0 radical (unpaired) electrons. The quantitative estimate of drug-likeness (QED) is 0.564. The number of benzene rings is 1. The van der Waals surface area contributed by atoms with Gasteiger partial charge in [0.1, 0.15) is 5.75 Å². The fraction of sp³-hybridized carbons (Fsp3) is 0.471. The first-order valence-corrected chi connectivity index (χ1v) is 8.19. The highest BCUT2D eigenvalue weighted by Crippen LogP contribution is 2.31. The normalized spacial score (nSPS) is 10.9. The molecule has 1 aromatic carbocycles. The molecule has 5 heteroatoms. The molecule has 0 bridgehead atoms. The van der Waals surface area contributed by atoms with Crippen LogP contribution in [0, 0.1) is 0 Å². The van der Waals surface area contributed by atoms with Crippen molar-refractivity contribution in [1.29, 1.82) is 0 Å². The van der Waals surface area contributed by atoms with Gasteiger partial charge in [0.05, 0.1) is 11.1 Å². The number of carbonyl (C=O) groups is 1. The van der Waals surface area contributed by atoms with E-state index in [0.717, 1.165) is 16.6 Å². The van der Waals surface area contributed by atoms with E-state index in [1.807, 2.05) is 6.07 Å². The Labute approximate surface area is 141 Å². The average Bonchev–Trinajstić information content (AvgIpc) is 2.45.